The minimum atomic E-state index is -0.604. The first-order valence-electron chi connectivity index (χ1n) is 4.34. The molecule has 1 unspecified atom stereocenters. The average Bonchev–Trinajstić information content (AvgIpc) is 2.31. The molecule has 0 radical (unpaired) electrons. The number of allylic oxidation sites excluding steroid dienone is 1. The lowest BCUT2D eigenvalue weighted by atomic mass is 9.84. The maximum absolute atomic E-state index is 11.2. The van der Waals surface area contributed by atoms with Gasteiger partial charge in [-0.1, -0.05) is 26.8 Å². The van der Waals surface area contributed by atoms with Gasteiger partial charge >= 0.3 is 0 Å². The van der Waals surface area contributed by atoms with Crippen LogP contribution in [-0.2, 0) is 4.79 Å². The lowest BCUT2D eigenvalue weighted by Crippen LogP contribution is -2.30. The van der Waals surface area contributed by atoms with Gasteiger partial charge in [0, 0.05) is 12.0 Å². The van der Waals surface area contributed by atoms with Crippen molar-refractivity contribution < 1.29 is 9.90 Å². The minimum Gasteiger partial charge on any atom is -0.388 e. The zero-order chi connectivity index (χ0) is 9.35. The fourth-order valence-electron chi connectivity index (χ4n) is 1.35. The van der Waals surface area contributed by atoms with Gasteiger partial charge in [0.25, 0.3) is 0 Å². The molecule has 0 heterocycles. The van der Waals surface area contributed by atoms with Crippen LogP contribution in [-0.4, -0.2) is 17.0 Å². The molecule has 0 amide bonds. The summed E-state index contributed by atoms with van der Waals surface area (Å²) in [5, 5.41) is 9.77. The van der Waals surface area contributed by atoms with Gasteiger partial charge in [-0.25, -0.2) is 0 Å². The molecule has 68 valence electrons. The van der Waals surface area contributed by atoms with E-state index in [0.717, 1.165) is 6.42 Å². The molecule has 2 nitrogen and oxygen atoms in total. The zero-order valence-electron chi connectivity index (χ0n) is 7.92. The molecule has 12 heavy (non-hydrogen) atoms. The second-order valence-corrected chi connectivity index (χ2v) is 4.39. The molecule has 0 saturated carbocycles. The van der Waals surface area contributed by atoms with E-state index >= 15 is 0 Å². The largest absolute Gasteiger partial charge is 0.388 e. The minimum absolute atomic E-state index is 0.109. The van der Waals surface area contributed by atoms with Crippen LogP contribution in [0.1, 0.15) is 33.6 Å². The number of aliphatic hydroxyl groups is 1. The first kappa shape index (κ1) is 9.46. The molecule has 1 N–H and O–H groups in total. The Labute approximate surface area is 73.3 Å². The lowest BCUT2D eigenvalue weighted by molar-refractivity contribution is -0.116. The molecular weight excluding hydrogens is 152 g/mol. The summed E-state index contributed by atoms with van der Waals surface area (Å²) in [6, 6.07) is 0. The zero-order valence-corrected chi connectivity index (χ0v) is 7.92. The molecule has 0 fully saturated rings. The molecule has 0 aliphatic heterocycles. The number of hydrogen-bond donors (Lipinski definition) is 1. The van der Waals surface area contributed by atoms with Gasteiger partial charge in [0.1, 0.15) is 0 Å². The average molecular weight is 168 g/mol. The highest BCUT2D eigenvalue weighted by Gasteiger charge is 2.31. The first-order valence-corrected chi connectivity index (χ1v) is 4.34. The Balaban J connectivity index is 2.77. The topological polar surface area (TPSA) is 37.3 Å². The fourth-order valence-corrected chi connectivity index (χ4v) is 1.35. The molecule has 1 rings (SSSR count). The van der Waals surface area contributed by atoms with E-state index in [1.165, 1.54) is 0 Å². The molecule has 1 aliphatic rings. The van der Waals surface area contributed by atoms with Crippen molar-refractivity contribution in [3.05, 3.63) is 11.6 Å². The van der Waals surface area contributed by atoms with Crippen LogP contribution in [0.15, 0.2) is 11.6 Å². The van der Waals surface area contributed by atoms with E-state index in [1.807, 2.05) is 26.8 Å². The SMILES string of the molecule is CC(C)(C)C(O)C1=CCCC1=O. The van der Waals surface area contributed by atoms with Crippen molar-refractivity contribution in [1.29, 1.82) is 0 Å². The summed E-state index contributed by atoms with van der Waals surface area (Å²) in [6.07, 6.45) is 2.62. The van der Waals surface area contributed by atoms with Crippen molar-refractivity contribution in [2.24, 2.45) is 5.41 Å². The normalized spacial score (nSPS) is 21.0. The maximum Gasteiger partial charge on any atom is 0.161 e. The first-order chi connectivity index (χ1) is 5.43. The van der Waals surface area contributed by atoms with E-state index < -0.39 is 6.10 Å². The van der Waals surface area contributed by atoms with Gasteiger partial charge in [0.05, 0.1) is 6.10 Å². The smallest absolute Gasteiger partial charge is 0.161 e. The van der Waals surface area contributed by atoms with Crippen LogP contribution in [0.25, 0.3) is 0 Å². The highest BCUT2D eigenvalue weighted by atomic mass is 16.3. The second kappa shape index (κ2) is 3.02. The van der Waals surface area contributed by atoms with Crippen LogP contribution in [0.3, 0.4) is 0 Å². The van der Waals surface area contributed by atoms with Crippen molar-refractivity contribution in [3.63, 3.8) is 0 Å². The van der Waals surface area contributed by atoms with E-state index in [4.69, 9.17) is 0 Å². The number of carbonyl (C=O) groups is 1. The van der Waals surface area contributed by atoms with Gasteiger partial charge in [0.2, 0.25) is 0 Å². The van der Waals surface area contributed by atoms with Gasteiger partial charge < -0.3 is 5.11 Å². The highest BCUT2D eigenvalue weighted by Crippen LogP contribution is 2.29. The Morgan fingerprint density at radius 3 is 2.42 bits per heavy atom. The fraction of sp³-hybridized carbons (Fsp3) is 0.700. The number of carbonyl (C=O) groups excluding carboxylic acids is 1. The lowest BCUT2D eigenvalue weighted by Gasteiger charge is -2.26. The summed E-state index contributed by atoms with van der Waals surface area (Å²) in [7, 11) is 0. The van der Waals surface area contributed by atoms with Crippen LogP contribution in [0, 0.1) is 5.41 Å². The Morgan fingerprint density at radius 2 is 2.08 bits per heavy atom. The van der Waals surface area contributed by atoms with Crippen molar-refractivity contribution in [2.45, 2.75) is 39.7 Å². The van der Waals surface area contributed by atoms with Gasteiger partial charge in [-0.05, 0) is 11.8 Å². The van der Waals surface area contributed by atoms with E-state index in [2.05, 4.69) is 0 Å². The molecule has 0 saturated heterocycles. The van der Waals surface area contributed by atoms with Crippen molar-refractivity contribution >= 4 is 5.78 Å². The number of hydrogen-bond acceptors (Lipinski definition) is 2. The third-order valence-corrected chi connectivity index (χ3v) is 2.17. The van der Waals surface area contributed by atoms with Crippen molar-refractivity contribution in [2.75, 3.05) is 0 Å². The van der Waals surface area contributed by atoms with Crippen LogP contribution < -0.4 is 0 Å². The molecule has 0 aromatic carbocycles. The summed E-state index contributed by atoms with van der Waals surface area (Å²) >= 11 is 0. The van der Waals surface area contributed by atoms with Crippen LogP contribution >= 0.6 is 0 Å². The quantitative estimate of drug-likeness (QED) is 0.646. The third-order valence-electron chi connectivity index (χ3n) is 2.17. The van der Waals surface area contributed by atoms with E-state index in [-0.39, 0.29) is 11.2 Å². The number of ketones is 1. The van der Waals surface area contributed by atoms with Crippen LogP contribution in [0.2, 0.25) is 0 Å². The molecule has 0 aromatic heterocycles. The van der Waals surface area contributed by atoms with Crippen molar-refractivity contribution in [1.82, 2.24) is 0 Å². The second-order valence-electron chi connectivity index (χ2n) is 4.39. The standard InChI is InChI=1S/C10H16O2/c1-10(2,3)9(12)7-5-4-6-8(7)11/h5,9,12H,4,6H2,1-3H3. The Kier molecular flexibility index (Phi) is 2.38. The van der Waals surface area contributed by atoms with E-state index in [9.17, 15) is 9.90 Å². The molecule has 2 heteroatoms. The molecule has 1 aliphatic carbocycles. The van der Waals surface area contributed by atoms with Gasteiger partial charge in [-0.15, -0.1) is 0 Å². The Bertz CT molecular complexity index is 220. The summed E-state index contributed by atoms with van der Waals surface area (Å²) < 4.78 is 0. The maximum atomic E-state index is 11.2. The number of aliphatic hydroxyl groups excluding tert-OH is 1. The predicted molar refractivity (Wildman–Crippen MR) is 47.8 cm³/mol. The monoisotopic (exact) mass is 168 g/mol. The van der Waals surface area contributed by atoms with Gasteiger partial charge in [-0.3, -0.25) is 4.79 Å². The van der Waals surface area contributed by atoms with Gasteiger partial charge in [0.15, 0.2) is 5.78 Å². The summed E-state index contributed by atoms with van der Waals surface area (Å²) in [5.41, 5.74) is 0.383. The Morgan fingerprint density at radius 1 is 1.50 bits per heavy atom. The molecule has 0 spiro atoms. The summed E-state index contributed by atoms with van der Waals surface area (Å²) in [4.78, 5) is 11.2. The number of Topliss-reactive ketones (excluding diaryl/α,β-unsaturated/α-hetero) is 1. The Hall–Kier alpha value is -0.630. The molecular formula is C10H16O2. The highest BCUT2D eigenvalue weighted by molar-refractivity contribution is 5.98. The van der Waals surface area contributed by atoms with E-state index in [0.29, 0.717) is 12.0 Å². The van der Waals surface area contributed by atoms with Crippen molar-refractivity contribution in [3.8, 4) is 0 Å². The van der Waals surface area contributed by atoms with Crippen LogP contribution in [0.4, 0.5) is 0 Å². The number of rotatable bonds is 1. The summed E-state index contributed by atoms with van der Waals surface area (Å²) in [5.74, 6) is 0.109. The van der Waals surface area contributed by atoms with Gasteiger partial charge in [-0.2, -0.15) is 0 Å². The molecule has 0 aromatic rings. The molecule has 0 bridgehead atoms. The summed E-state index contributed by atoms with van der Waals surface area (Å²) in [6.45, 7) is 5.80. The predicted octanol–water partition coefficient (Wildman–Crippen LogP) is 1.68. The molecule has 1 atom stereocenters. The van der Waals surface area contributed by atoms with Crippen LogP contribution in [0.5, 0.6) is 0 Å². The third kappa shape index (κ3) is 1.75. The van der Waals surface area contributed by atoms with E-state index in [1.54, 1.807) is 0 Å².